The van der Waals surface area contributed by atoms with Gasteiger partial charge in [0, 0.05) is 49.2 Å². The van der Waals surface area contributed by atoms with Crippen LogP contribution < -0.4 is 10.6 Å². The Hall–Kier alpha value is -3.80. The molecule has 0 saturated carbocycles. The second-order valence-corrected chi connectivity index (χ2v) is 8.56. The van der Waals surface area contributed by atoms with Crippen LogP contribution in [-0.2, 0) is 0 Å². The first-order valence-corrected chi connectivity index (χ1v) is 10.9. The Morgan fingerprint density at radius 1 is 1.26 bits per heavy atom. The Bertz CT molecular complexity index is 1280. The maximum atomic E-state index is 12.7. The molecule has 1 aromatic heterocycles. The standard InChI is InChI=1S/C25H24F3N5O/c1-15-3-4-20(32-24(34)33-6-5-16(14-33)11-25(26,27)28)9-21(15)17-7-18(12-29)22-10-23(30-2)31-13-19(22)8-17/h3-4,7-10,13,16H,5-6,11,14H2,1-2H3,(H,30,31)(H,32,34)/t16-/m0/s1. The van der Waals surface area contributed by atoms with Gasteiger partial charge in [-0.3, -0.25) is 0 Å². The summed E-state index contributed by atoms with van der Waals surface area (Å²) in [6.07, 6.45) is -3.06. The minimum absolute atomic E-state index is 0.0852. The highest BCUT2D eigenvalue weighted by atomic mass is 19.4. The van der Waals surface area contributed by atoms with Crippen molar-refractivity contribution in [3.63, 3.8) is 0 Å². The average molecular weight is 467 g/mol. The van der Waals surface area contributed by atoms with Gasteiger partial charge >= 0.3 is 12.2 Å². The lowest BCUT2D eigenvalue weighted by Crippen LogP contribution is -2.33. The molecule has 1 saturated heterocycles. The van der Waals surface area contributed by atoms with Crippen molar-refractivity contribution in [1.82, 2.24) is 9.88 Å². The van der Waals surface area contributed by atoms with E-state index in [2.05, 4.69) is 21.7 Å². The normalized spacial score (nSPS) is 15.9. The number of pyridine rings is 1. The number of aryl methyl sites for hydroxylation is 1. The van der Waals surface area contributed by atoms with E-state index in [0.717, 1.165) is 27.5 Å². The van der Waals surface area contributed by atoms with Gasteiger partial charge in [-0.05, 0) is 66.3 Å². The van der Waals surface area contributed by atoms with Crippen LogP contribution in [0.1, 0.15) is 24.0 Å². The highest BCUT2D eigenvalue weighted by Gasteiger charge is 2.36. The third-order valence-corrected chi connectivity index (χ3v) is 6.11. The van der Waals surface area contributed by atoms with E-state index >= 15 is 0 Å². The molecule has 0 unspecified atom stereocenters. The molecular weight excluding hydrogens is 443 g/mol. The first kappa shape index (κ1) is 23.4. The average Bonchev–Trinajstić information content (AvgIpc) is 3.26. The summed E-state index contributed by atoms with van der Waals surface area (Å²) in [6, 6.07) is 12.8. The van der Waals surface area contributed by atoms with Crippen LogP contribution >= 0.6 is 0 Å². The summed E-state index contributed by atoms with van der Waals surface area (Å²) in [5, 5.41) is 17.1. The Balaban J connectivity index is 1.58. The Morgan fingerprint density at radius 3 is 2.76 bits per heavy atom. The second kappa shape index (κ2) is 9.21. The van der Waals surface area contributed by atoms with Crippen molar-refractivity contribution >= 4 is 28.3 Å². The van der Waals surface area contributed by atoms with E-state index in [9.17, 15) is 23.2 Å². The first-order chi connectivity index (χ1) is 16.2. The molecule has 0 bridgehead atoms. The van der Waals surface area contributed by atoms with Gasteiger partial charge in [-0.1, -0.05) is 6.07 Å². The zero-order chi connectivity index (χ0) is 24.5. The van der Waals surface area contributed by atoms with Crippen LogP contribution in [0.15, 0.2) is 42.6 Å². The monoisotopic (exact) mass is 467 g/mol. The van der Waals surface area contributed by atoms with E-state index < -0.39 is 24.5 Å². The third kappa shape index (κ3) is 5.06. The SMILES string of the molecule is CNc1cc2c(C#N)cc(-c3cc(NC(=O)N4CC[C@@H](CC(F)(F)F)C4)ccc3C)cc2cn1. The number of anilines is 2. The van der Waals surface area contributed by atoms with E-state index in [-0.39, 0.29) is 6.54 Å². The number of carbonyl (C=O) groups is 1. The number of hydrogen-bond acceptors (Lipinski definition) is 4. The van der Waals surface area contributed by atoms with E-state index in [1.807, 2.05) is 31.2 Å². The summed E-state index contributed by atoms with van der Waals surface area (Å²) in [4.78, 5) is 18.4. The lowest BCUT2D eigenvalue weighted by Gasteiger charge is -2.19. The molecule has 9 heteroatoms. The number of nitriles is 1. The molecule has 6 nitrogen and oxygen atoms in total. The van der Waals surface area contributed by atoms with Crippen LogP contribution in [0.5, 0.6) is 0 Å². The van der Waals surface area contributed by atoms with Gasteiger partial charge in [-0.15, -0.1) is 0 Å². The van der Waals surface area contributed by atoms with Crippen LogP contribution in [0.2, 0.25) is 0 Å². The number of aromatic nitrogens is 1. The molecule has 1 fully saturated rings. The Morgan fingerprint density at radius 2 is 2.06 bits per heavy atom. The molecule has 0 radical (unpaired) electrons. The van der Waals surface area contributed by atoms with Gasteiger partial charge in [0.05, 0.1) is 11.6 Å². The maximum absolute atomic E-state index is 12.7. The number of halogens is 3. The Labute approximate surface area is 195 Å². The zero-order valence-electron chi connectivity index (χ0n) is 18.8. The predicted molar refractivity (Wildman–Crippen MR) is 126 cm³/mol. The van der Waals surface area contributed by atoms with Gasteiger partial charge in [-0.25, -0.2) is 9.78 Å². The van der Waals surface area contributed by atoms with Crippen molar-refractivity contribution in [2.24, 2.45) is 5.92 Å². The molecule has 176 valence electrons. The zero-order valence-corrected chi connectivity index (χ0v) is 18.8. The number of urea groups is 1. The van der Waals surface area contributed by atoms with Crippen molar-refractivity contribution in [3.8, 4) is 17.2 Å². The number of fused-ring (bicyclic) bond motifs is 1. The van der Waals surface area contributed by atoms with E-state index in [4.69, 9.17) is 0 Å². The molecule has 0 aliphatic carbocycles. The fourth-order valence-corrected chi connectivity index (χ4v) is 4.37. The van der Waals surface area contributed by atoms with Crippen LogP contribution in [0.3, 0.4) is 0 Å². The van der Waals surface area contributed by atoms with Crippen molar-refractivity contribution in [2.45, 2.75) is 25.9 Å². The smallest absolute Gasteiger partial charge is 0.373 e. The van der Waals surface area contributed by atoms with Gasteiger partial charge in [0.2, 0.25) is 0 Å². The summed E-state index contributed by atoms with van der Waals surface area (Å²) in [5.41, 5.74) is 3.64. The fourth-order valence-electron chi connectivity index (χ4n) is 4.37. The molecule has 1 aliphatic rings. The predicted octanol–water partition coefficient (Wildman–Crippen LogP) is 5.93. The maximum Gasteiger partial charge on any atom is 0.389 e. The third-order valence-electron chi connectivity index (χ3n) is 6.11. The van der Waals surface area contributed by atoms with Crippen molar-refractivity contribution < 1.29 is 18.0 Å². The fraction of sp³-hybridized carbons (Fsp3) is 0.320. The minimum Gasteiger partial charge on any atom is -0.373 e. The van der Waals surface area contributed by atoms with E-state index in [0.29, 0.717) is 30.0 Å². The van der Waals surface area contributed by atoms with Gasteiger partial charge in [0.15, 0.2) is 0 Å². The summed E-state index contributed by atoms with van der Waals surface area (Å²) in [5.74, 6) is 0.0930. The first-order valence-electron chi connectivity index (χ1n) is 10.9. The number of likely N-dealkylation sites (tertiary alicyclic amines) is 1. The molecule has 34 heavy (non-hydrogen) atoms. The molecule has 2 N–H and O–H groups in total. The molecule has 3 aromatic rings. The number of alkyl halides is 3. The van der Waals surface area contributed by atoms with E-state index in [1.165, 1.54) is 4.90 Å². The Kier molecular flexibility index (Phi) is 6.33. The molecular formula is C25H24F3N5O. The number of hydrogen-bond donors (Lipinski definition) is 2. The summed E-state index contributed by atoms with van der Waals surface area (Å²) in [7, 11) is 1.76. The molecule has 2 amide bonds. The number of carbonyl (C=O) groups excluding carboxylic acids is 1. The molecule has 2 aromatic carbocycles. The van der Waals surface area contributed by atoms with Crippen molar-refractivity contribution in [2.75, 3.05) is 30.8 Å². The quantitative estimate of drug-likeness (QED) is 0.498. The largest absolute Gasteiger partial charge is 0.389 e. The summed E-state index contributed by atoms with van der Waals surface area (Å²) < 4.78 is 38.0. The van der Waals surface area contributed by atoms with Crippen molar-refractivity contribution in [1.29, 1.82) is 5.26 Å². The lowest BCUT2D eigenvalue weighted by molar-refractivity contribution is -0.143. The van der Waals surface area contributed by atoms with Crippen molar-refractivity contribution in [3.05, 3.63) is 53.7 Å². The highest BCUT2D eigenvalue weighted by Crippen LogP contribution is 2.33. The number of nitrogens with one attached hydrogen (secondary N) is 2. The number of amides is 2. The van der Waals surface area contributed by atoms with Gasteiger partial charge in [0.1, 0.15) is 5.82 Å². The van der Waals surface area contributed by atoms with Crippen LogP contribution in [0.4, 0.5) is 29.5 Å². The second-order valence-electron chi connectivity index (χ2n) is 8.56. The molecule has 1 aliphatic heterocycles. The number of rotatable bonds is 4. The van der Waals surface area contributed by atoms with Gasteiger partial charge < -0.3 is 15.5 Å². The topological polar surface area (TPSA) is 81.0 Å². The van der Waals surface area contributed by atoms with Crippen LogP contribution in [0, 0.1) is 24.2 Å². The van der Waals surface area contributed by atoms with Crippen LogP contribution in [0.25, 0.3) is 21.9 Å². The van der Waals surface area contributed by atoms with Crippen LogP contribution in [-0.4, -0.2) is 42.2 Å². The molecule has 4 rings (SSSR count). The van der Waals surface area contributed by atoms with Gasteiger partial charge in [0.25, 0.3) is 0 Å². The molecule has 2 heterocycles. The molecule has 0 spiro atoms. The number of benzene rings is 2. The summed E-state index contributed by atoms with van der Waals surface area (Å²) >= 11 is 0. The number of nitrogens with zero attached hydrogens (tertiary/aromatic N) is 3. The summed E-state index contributed by atoms with van der Waals surface area (Å²) in [6.45, 7) is 2.31. The molecule has 1 atom stereocenters. The van der Waals surface area contributed by atoms with Gasteiger partial charge in [-0.2, -0.15) is 18.4 Å². The minimum atomic E-state index is -4.23. The van der Waals surface area contributed by atoms with E-state index in [1.54, 1.807) is 25.4 Å². The lowest BCUT2D eigenvalue weighted by atomic mass is 9.95. The highest BCUT2D eigenvalue weighted by molar-refractivity contribution is 5.95.